The number of fused-ring (bicyclic) bond motifs is 1. The van der Waals surface area contributed by atoms with Crippen LogP contribution in [0.25, 0.3) is 10.2 Å². The molecule has 29 heavy (non-hydrogen) atoms. The van der Waals surface area contributed by atoms with E-state index in [-0.39, 0.29) is 5.91 Å². The van der Waals surface area contributed by atoms with E-state index in [1.165, 1.54) is 22.7 Å². The van der Waals surface area contributed by atoms with Crippen molar-refractivity contribution in [3.8, 4) is 5.75 Å². The molecule has 0 radical (unpaired) electrons. The minimum absolute atomic E-state index is 0.119. The summed E-state index contributed by atoms with van der Waals surface area (Å²) in [5.41, 5.74) is 2.40. The van der Waals surface area contributed by atoms with Crippen molar-refractivity contribution in [2.24, 2.45) is 0 Å². The molecule has 5 nitrogen and oxygen atoms in total. The van der Waals surface area contributed by atoms with Crippen LogP contribution in [0, 0.1) is 13.8 Å². The third kappa shape index (κ3) is 3.85. The minimum Gasteiger partial charge on any atom is -0.494 e. The maximum absolute atomic E-state index is 13.5. The van der Waals surface area contributed by atoms with E-state index in [0.717, 1.165) is 21.0 Å². The lowest BCUT2D eigenvalue weighted by atomic mass is 10.2. The molecule has 0 N–H and O–H groups in total. The molecular weight excluding hydrogens is 426 g/mol. The predicted molar refractivity (Wildman–Crippen MR) is 120 cm³/mol. The number of anilines is 1. The molecule has 148 valence electrons. The van der Waals surface area contributed by atoms with E-state index in [1.54, 1.807) is 24.1 Å². The molecule has 4 aromatic rings. The van der Waals surface area contributed by atoms with Gasteiger partial charge in [-0.1, -0.05) is 53.3 Å². The van der Waals surface area contributed by atoms with E-state index in [2.05, 4.69) is 4.98 Å². The molecule has 2 heterocycles. The number of thiazole rings is 2. The molecule has 0 unspecified atom stereocenters. The zero-order valence-electron chi connectivity index (χ0n) is 16.1. The third-order valence-electron chi connectivity index (χ3n) is 4.42. The van der Waals surface area contributed by atoms with Gasteiger partial charge in [-0.2, -0.15) is 0 Å². The standard InChI is InChI=1S/C21H18ClN3O2S2/c1-12-18(28-13(2)23-12)20(26)25(11-14-7-5-4-6-8-14)21-24-17-16(27-3)10-9-15(22)19(17)29-21/h4-10H,11H2,1-3H3. The average molecular weight is 444 g/mol. The van der Waals surface area contributed by atoms with Crippen LogP contribution in [0.1, 0.15) is 25.9 Å². The Hall–Kier alpha value is -2.48. The van der Waals surface area contributed by atoms with E-state index in [0.29, 0.717) is 32.8 Å². The number of ether oxygens (including phenoxy) is 1. The van der Waals surface area contributed by atoms with Gasteiger partial charge in [0.25, 0.3) is 5.91 Å². The van der Waals surface area contributed by atoms with E-state index in [9.17, 15) is 4.79 Å². The van der Waals surface area contributed by atoms with Crippen molar-refractivity contribution < 1.29 is 9.53 Å². The molecule has 0 aliphatic rings. The Morgan fingerprint density at radius 1 is 1.10 bits per heavy atom. The first-order chi connectivity index (χ1) is 14.0. The Morgan fingerprint density at radius 3 is 2.52 bits per heavy atom. The highest BCUT2D eigenvalue weighted by Gasteiger charge is 2.26. The van der Waals surface area contributed by atoms with Crippen LogP contribution in [0.4, 0.5) is 5.13 Å². The van der Waals surface area contributed by atoms with Gasteiger partial charge in [-0.25, -0.2) is 9.97 Å². The molecule has 8 heteroatoms. The number of hydrogen-bond donors (Lipinski definition) is 0. The van der Waals surface area contributed by atoms with Gasteiger partial charge in [0, 0.05) is 0 Å². The van der Waals surface area contributed by atoms with Crippen molar-refractivity contribution in [1.29, 1.82) is 0 Å². The summed E-state index contributed by atoms with van der Waals surface area (Å²) in [5.74, 6) is 0.509. The Balaban J connectivity index is 1.84. The maximum atomic E-state index is 13.5. The lowest BCUT2D eigenvalue weighted by Gasteiger charge is -2.19. The number of benzene rings is 2. The van der Waals surface area contributed by atoms with Gasteiger partial charge in [0.05, 0.1) is 34.1 Å². The van der Waals surface area contributed by atoms with Crippen LogP contribution in [0.5, 0.6) is 5.75 Å². The first-order valence-electron chi connectivity index (χ1n) is 8.90. The fourth-order valence-corrected chi connectivity index (χ4v) is 5.19. The first-order valence-corrected chi connectivity index (χ1v) is 10.9. The smallest absolute Gasteiger partial charge is 0.272 e. The molecule has 4 rings (SSSR count). The highest BCUT2D eigenvalue weighted by molar-refractivity contribution is 7.23. The number of rotatable bonds is 5. The van der Waals surface area contributed by atoms with Crippen LogP contribution >= 0.6 is 34.3 Å². The van der Waals surface area contributed by atoms with E-state index in [4.69, 9.17) is 21.3 Å². The van der Waals surface area contributed by atoms with E-state index >= 15 is 0 Å². The molecular formula is C21H18ClN3O2S2. The predicted octanol–water partition coefficient (Wildman–Crippen LogP) is 5.88. The minimum atomic E-state index is -0.119. The Bertz CT molecular complexity index is 1190. The van der Waals surface area contributed by atoms with Crippen LogP contribution in [-0.2, 0) is 6.54 Å². The first kappa shape index (κ1) is 19.8. The van der Waals surface area contributed by atoms with Gasteiger partial charge in [0.1, 0.15) is 16.1 Å². The van der Waals surface area contributed by atoms with Gasteiger partial charge in [-0.05, 0) is 31.5 Å². The Kier molecular flexibility index (Phi) is 5.54. The number of amides is 1. The molecule has 0 saturated carbocycles. The number of methoxy groups -OCH3 is 1. The number of carbonyl (C=O) groups is 1. The zero-order chi connectivity index (χ0) is 20.5. The highest BCUT2D eigenvalue weighted by atomic mass is 35.5. The second-order valence-corrected chi connectivity index (χ2v) is 9.04. The summed E-state index contributed by atoms with van der Waals surface area (Å²) < 4.78 is 6.23. The second kappa shape index (κ2) is 8.10. The van der Waals surface area contributed by atoms with Crippen LogP contribution in [0.15, 0.2) is 42.5 Å². The molecule has 0 bridgehead atoms. The van der Waals surface area contributed by atoms with E-state index < -0.39 is 0 Å². The van der Waals surface area contributed by atoms with Gasteiger partial charge in [0.2, 0.25) is 0 Å². The Labute approximate surface area is 181 Å². The fraction of sp³-hybridized carbons (Fsp3) is 0.190. The topological polar surface area (TPSA) is 55.3 Å². The van der Waals surface area contributed by atoms with Crippen LogP contribution in [0.2, 0.25) is 5.02 Å². The molecule has 0 atom stereocenters. The number of nitrogens with zero attached hydrogens (tertiary/aromatic N) is 3. The summed E-state index contributed by atoms with van der Waals surface area (Å²) in [6.07, 6.45) is 0. The van der Waals surface area contributed by atoms with Gasteiger partial charge in [-0.3, -0.25) is 9.69 Å². The second-order valence-electron chi connectivity index (χ2n) is 6.45. The lowest BCUT2D eigenvalue weighted by molar-refractivity contribution is 0.0988. The SMILES string of the molecule is COc1ccc(Cl)c2sc(N(Cc3ccccc3)C(=O)c3sc(C)nc3C)nc12. The molecule has 0 aliphatic heterocycles. The molecule has 0 spiro atoms. The molecule has 0 aliphatic carbocycles. The summed E-state index contributed by atoms with van der Waals surface area (Å²) in [7, 11) is 1.60. The number of carbonyl (C=O) groups excluding carboxylic acids is 1. The zero-order valence-corrected chi connectivity index (χ0v) is 18.5. The summed E-state index contributed by atoms with van der Waals surface area (Å²) >= 11 is 9.17. The highest BCUT2D eigenvalue weighted by Crippen LogP contribution is 2.39. The van der Waals surface area contributed by atoms with Crippen molar-refractivity contribution in [2.45, 2.75) is 20.4 Å². The third-order valence-corrected chi connectivity index (χ3v) is 7.02. The summed E-state index contributed by atoms with van der Waals surface area (Å²) in [6.45, 7) is 4.16. The van der Waals surface area contributed by atoms with E-state index in [1.807, 2.05) is 44.2 Å². The summed E-state index contributed by atoms with van der Waals surface area (Å²) in [5, 5.41) is 2.02. The van der Waals surface area contributed by atoms with Crippen molar-refractivity contribution in [2.75, 3.05) is 12.0 Å². The summed E-state index contributed by atoms with van der Waals surface area (Å²) in [6, 6.07) is 13.4. The molecule has 2 aromatic carbocycles. The van der Waals surface area contributed by atoms with Crippen molar-refractivity contribution in [1.82, 2.24) is 9.97 Å². The molecule has 0 fully saturated rings. The van der Waals surface area contributed by atoms with Crippen LogP contribution in [-0.4, -0.2) is 23.0 Å². The van der Waals surface area contributed by atoms with Gasteiger partial charge < -0.3 is 4.74 Å². The van der Waals surface area contributed by atoms with Gasteiger partial charge in [0.15, 0.2) is 5.13 Å². The Morgan fingerprint density at radius 2 is 1.86 bits per heavy atom. The van der Waals surface area contributed by atoms with Crippen molar-refractivity contribution >= 4 is 55.5 Å². The number of hydrogen-bond acceptors (Lipinski definition) is 6. The molecule has 1 amide bonds. The summed E-state index contributed by atoms with van der Waals surface area (Å²) in [4.78, 5) is 24.9. The maximum Gasteiger partial charge on any atom is 0.272 e. The quantitative estimate of drug-likeness (QED) is 0.386. The lowest BCUT2D eigenvalue weighted by Crippen LogP contribution is -2.30. The van der Waals surface area contributed by atoms with Gasteiger partial charge in [-0.15, -0.1) is 11.3 Å². The van der Waals surface area contributed by atoms with Crippen LogP contribution in [0.3, 0.4) is 0 Å². The fourth-order valence-electron chi connectivity index (χ4n) is 3.07. The van der Waals surface area contributed by atoms with Gasteiger partial charge >= 0.3 is 0 Å². The van der Waals surface area contributed by atoms with Crippen molar-refractivity contribution in [3.63, 3.8) is 0 Å². The van der Waals surface area contributed by atoms with Crippen molar-refractivity contribution in [3.05, 3.63) is 68.6 Å². The monoisotopic (exact) mass is 443 g/mol. The largest absolute Gasteiger partial charge is 0.494 e. The number of aryl methyl sites for hydroxylation is 2. The molecule has 0 saturated heterocycles. The normalized spacial score (nSPS) is 11.0. The van der Waals surface area contributed by atoms with Crippen LogP contribution < -0.4 is 9.64 Å². The average Bonchev–Trinajstić information content (AvgIpc) is 3.30. The number of halogens is 1. The number of aromatic nitrogens is 2. The molecule has 2 aromatic heterocycles.